The van der Waals surface area contributed by atoms with Crippen molar-refractivity contribution < 1.29 is 9.13 Å². The van der Waals surface area contributed by atoms with E-state index in [9.17, 15) is 4.39 Å². The molecule has 3 heterocycles. The number of ether oxygens (including phenoxy) is 1. The highest BCUT2D eigenvalue weighted by Crippen LogP contribution is 2.34. The van der Waals surface area contributed by atoms with E-state index in [1.165, 1.54) is 17.8 Å². The van der Waals surface area contributed by atoms with Gasteiger partial charge in [-0.25, -0.2) is 4.98 Å². The molecule has 0 N–H and O–H groups in total. The maximum atomic E-state index is 13.2. The Morgan fingerprint density at radius 1 is 1.11 bits per heavy atom. The molecule has 2 unspecified atom stereocenters. The van der Waals surface area contributed by atoms with Crippen molar-refractivity contribution in [1.82, 2.24) is 9.97 Å². The first-order valence-corrected chi connectivity index (χ1v) is 6.42. The lowest BCUT2D eigenvalue weighted by molar-refractivity contribution is 0.0641. The Labute approximate surface area is 111 Å². The van der Waals surface area contributed by atoms with Crippen LogP contribution in [-0.4, -0.2) is 23.2 Å². The molecule has 3 rings (SSSR count). The van der Waals surface area contributed by atoms with E-state index in [0.717, 1.165) is 12.0 Å². The van der Waals surface area contributed by atoms with E-state index in [4.69, 9.17) is 4.74 Å². The second-order valence-corrected chi connectivity index (χ2v) is 4.87. The molecular formula is C15H15FN2O. The van der Waals surface area contributed by atoms with E-state index in [2.05, 4.69) is 16.0 Å². The van der Waals surface area contributed by atoms with Gasteiger partial charge in [-0.3, -0.25) is 4.98 Å². The maximum absolute atomic E-state index is 13.2. The average molecular weight is 258 g/mol. The molecule has 0 aromatic carbocycles. The Balaban J connectivity index is 1.78. The van der Waals surface area contributed by atoms with Crippen molar-refractivity contribution in [2.24, 2.45) is 0 Å². The van der Waals surface area contributed by atoms with E-state index in [1.54, 1.807) is 6.20 Å². The summed E-state index contributed by atoms with van der Waals surface area (Å²) in [4.78, 5) is 7.74. The van der Waals surface area contributed by atoms with Crippen molar-refractivity contribution in [1.29, 1.82) is 0 Å². The molecule has 0 bridgehead atoms. The van der Waals surface area contributed by atoms with Crippen LogP contribution in [0.3, 0.4) is 0 Å². The largest absolute Gasteiger partial charge is 0.380 e. The molecule has 3 nitrogen and oxygen atoms in total. The predicted molar refractivity (Wildman–Crippen MR) is 69.4 cm³/mol. The van der Waals surface area contributed by atoms with E-state index >= 15 is 0 Å². The van der Waals surface area contributed by atoms with Crippen LogP contribution in [0.4, 0.5) is 4.39 Å². The zero-order valence-corrected chi connectivity index (χ0v) is 10.5. The lowest BCUT2D eigenvalue weighted by atomic mass is 9.85. The number of halogens is 1. The number of aromatic nitrogens is 2. The van der Waals surface area contributed by atoms with Crippen LogP contribution in [0.1, 0.15) is 29.4 Å². The van der Waals surface area contributed by atoms with E-state index in [1.807, 2.05) is 18.3 Å². The van der Waals surface area contributed by atoms with Crippen molar-refractivity contribution in [3.05, 3.63) is 59.9 Å². The number of pyridine rings is 2. The molecular weight excluding hydrogens is 243 g/mol. The summed E-state index contributed by atoms with van der Waals surface area (Å²) in [6.07, 6.45) is 6.11. The molecule has 1 saturated heterocycles. The first-order valence-electron chi connectivity index (χ1n) is 6.42. The number of nitrogens with zero attached hydrogens (tertiary/aromatic N) is 2. The summed E-state index contributed by atoms with van der Waals surface area (Å²) in [5, 5.41) is 0. The van der Waals surface area contributed by atoms with E-state index in [0.29, 0.717) is 19.1 Å². The van der Waals surface area contributed by atoms with Gasteiger partial charge in [0.1, 0.15) is 0 Å². The zero-order valence-electron chi connectivity index (χ0n) is 10.5. The van der Waals surface area contributed by atoms with Crippen LogP contribution in [0.25, 0.3) is 0 Å². The van der Waals surface area contributed by atoms with Gasteiger partial charge in [0.15, 0.2) is 0 Å². The summed E-state index contributed by atoms with van der Waals surface area (Å²) < 4.78 is 18.9. The second kappa shape index (κ2) is 5.45. The summed E-state index contributed by atoms with van der Waals surface area (Å²) in [6, 6.07) is 7.37. The third kappa shape index (κ3) is 2.79. The summed E-state index contributed by atoms with van der Waals surface area (Å²) in [7, 11) is 0. The Morgan fingerprint density at radius 3 is 2.68 bits per heavy atom. The fraction of sp³-hybridized carbons (Fsp3) is 0.333. The Hall–Kier alpha value is -1.81. The minimum atomic E-state index is -0.430. The number of rotatable bonds is 2. The highest BCUT2D eigenvalue weighted by Gasteiger charge is 2.25. The quantitative estimate of drug-likeness (QED) is 0.777. The fourth-order valence-corrected chi connectivity index (χ4v) is 2.59. The summed E-state index contributed by atoms with van der Waals surface area (Å²) >= 11 is 0. The minimum absolute atomic E-state index is 0.219. The third-order valence-electron chi connectivity index (χ3n) is 3.58. The van der Waals surface area contributed by atoms with Crippen LogP contribution in [0.15, 0.2) is 42.9 Å². The van der Waals surface area contributed by atoms with Gasteiger partial charge in [0, 0.05) is 30.4 Å². The van der Waals surface area contributed by atoms with Gasteiger partial charge in [0.2, 0.25) is 5.95 Å². The van der Waals surface area contributed by atoms with Gasteiger partial charge in [0.05, 0.1) is 13.2 Å². The molecule has 2 aromatic rings. The Morgan fingerprint density at radius 2 is 1.95 bits per heavy atom. The van der Waals surface area contributed by atoms with Gasteiger partial charge < -0.3 is 4.74 Å². The van der Waals surface area contributed by atoms with Crippen molar-refractivity contribution in [3.8, 4) is 0 Å². The van der Waals surface area contributed by atoms with Crippen LogP contribution < -0.4 is 0 Å². The van der Waals surface area contributed by atoms with Gasteiger partial charge in [-0.1, -0.05) is 6.07 Å². The normalized spacial score (nSPS) is 23.2. The van der Waals surface area contributed by atoms with Crippen LogP contribution in [0.5, 0.6) is 0 Å². The van der Waals surface area contributed by atoms with E-state index < -0.39 is 5.95 Å². The summed E-state index contributed by atoms with van der Waals surface area (Å²) in [5.41, 5.74) is 2.14. The minimum Gasteiger partial charge on any atom is -0.380 e. The van der Waals surface area contributed by atoms with E-state index in [-0.39, 0.29) is 5.92 Å². The van der Waals surface area contributed by atoms with Gasteiger partial charge in [-0.15, -0.1) is 0 Å². The molecule has 1 fully saturated rings. The smallest absolute Gasteiger partial charge is 0.213 e. The van der Waals surface area contributed by atoms with Crippen LogP contribution in [0, 0.1) is 5.95 Å². The van der Waals surface area contributed by atoms with Gasteiger partial charge in [0.25, 0.3) is 0 Å². The van der Waals surface area contributed by atoms with Crippen molar-refractivity contribution in [2.75, 3.05) is 13.2 Å². The maximum Gasteiger partial charge on any atom is 0.213 e. The first kappa shape index (κ1) is 12.2. The molecule has 19 heavy (non-hydrogen) atoms. The van der Waals surface area contributed by atoms with Crippen molar-refractivity contribution in [3.63, 3.8) is 0 Å². The zero-order chi connectivity index (χ0) is 13.1. The average Bonchev–Trinajstić information content (AvgIpc) is 2.48. The molecule has 1 aliphatic heterocycles. The second-order valence-electron chi connectivity index (χ2n) is 4.87. The molecule has 0 saturated carbocycles. The summed E-state index contributed by atoms with van der Waals surface area (Å²) in [6.45, 7) is 1.34. The Bertz CT molecular complexity index is 547. The number of hydrogen-bond donors (Lipinski definition) is 0. The van der Waals surface area contributed by atoms with Crippen LogP contribution >= 0.6 is 0 Å². The lowest BCUT2D eigenvalue weighted by Crippen LogP contribution is -2.23. The van der Waals surface area contributed by atoms with Crippen molar-refractivity contribution in [2.45, 2.75) is 18.3 Å². The first-order chi connectivity index (χ1) is 9.33. The van der Waals surface area contributed by atoms with Crippen LogP contribution in [0.2, 0.25) is 0 Å². The molecule has 0 amide bonds. The van der Waals surface area contributed by atoms with Gasteiger partial charge in [-0.2, -0.15) is 4.39 Å². The van der Waals surface area contributed by atoms with Gasteiger partial charge >= 0.3 is 0 Å². The molecule has 2 aromatic heterocycles. The van der Waals surface area contributed by atoms with Gasteiger partial charge in [-0.05, 0) is 35.7 Å². The summed E-state index contributed by atoms with van der Waals surface area (Å²) in [5.74, 6) is 0.112. The highest BCUT2D eigenvalue weighted by atomic mass is 19.1. The molecule has 1 aliphatic rings. The molecule has 98 valence electrons. The molecule has 0 radical (unpaired) electrons. The lowest BCUT2D eigenvalue weighted by Gasteiger charge is -2.29. The molecule has 4 heteroatoms. The predicted octanol–water partition coefficient (Wildman–Crippen LogP) is 2.90. The molecule has 2 atom stereocenters. The molecule has 0 spiro atoms. The van der Waals surface area contributed by atoms with Crippen molar-refractivity contribution >= 4 is 0 Å². The fourth-order valence-electron chi connectivity index (χ4n) is 2.59. The topological polar surface area (TPSA) is 35.0 Å². The van der Waals surface area contributed by atoms with Crippen LogP contribution in [-0.2, 0) is 4.74 Å². The monoisotopic (exact) mass is 258 g/mol. The standard InChI is InChI=1S/C15H15FN2O/c16-15-7-11(3-5-18-15)13-6-14(10-19-9-13)12-2-1-4-17-8-12/h1-5,7-8,13-14H,6,9-10H2. The number of hydrogen-bond acceptors (Lipinski definition) is 3. The SMILES string of the molecule is Fc1cc(C2COCC(c3cccnc3)C2)ccn1. The Kier molecular flexibility index (Phi) is 3.51. The highest BCUT2D eigenvalue weighted by molar-refractivity contribution is 5.21. The molecule has 0 aliphatic carbocycles. The third-order valence-corrected chi connectivity index (χ3v) is 3.58.